The number of nitrogens with zero attached hydrogens (tertiary/aromatic N) is 1. The van der Waals surface area contributed by atoms with Crippen molar-refractivity contribution in [2.45, 2.75) is 43.8 Å². The van der Waals surface area contributed by atoms with E-state index in [2.05, 4.69) is 10.6 Å². The molecule has 1 aromatic rings. The third-order valence-electron chi connectivity index (χ3n) is 6.02. The zero-order valence-electron chi connectivity index (χ0n) is 21.5. The molecule has 4 N–H and O–H groups in total. The molecule has 2 aliphatic rings. The van der Waals surface area contributed by atoms with Gasteiger partial charge >= 0.3 is 5.97 Å². The van der Waals surface area contributed by atoms with Gasteiger partial charge in [0.25, 0.3) is 0 Å². The van der Waals surface area contributed by atoms with E-state index in [1.807, 2.05) is 0 Å². The Bertz CT molecular complexity index is 1080. The van der Waals surface area contributed by atoms with E-state index >= 15 is 0 Å². The number of hydrogen-bond acceptors (Lipinski definition) is 9. The van der Waals surface area contributed by atoms with Gasteiger partial charge in [-0.2, -0.15) is 0 Å². The van der Waals surface area contributed by atoms with Crippen LogP contribution >= 0.6 is 0 Å². The summed E-state index contributed by atoms with van der Waals surface area (Å²) in [5.41, 5.74) is 1.20. The minimum atomic E-state index is -1.25. The van der Waals surface area contributed by atoms with Gasteiger partial charge < -0.3 is 40.0 Å². The van der Waals surface area contributed by atoms with Crippen LogP contribution < -0.4 is 10.6 Å². The maximum Gasteiger partial charge on any atom is 0.338 e. The van der Waals surface area contributed by atoms with Gasteiger partial charge in [0, 0.05) is 38.7 Å². The van der Waals surface area contributed by atoms with Crippen LogP contribution in [0.4, 0.5) is 0 Å². The zero-order chi connectivity index (χ0) is 27.8. The average molecular weight is 532 g/mol. The molecule has 3 amide bonds. The summed E-state index contributed by atoms with van der Waals surface area (Å²) < 4.78 is 16.8. The Morgan fingerprint density at radius 1 is 1.18 bits per heavy atom. The molecule has 0 radical (unpaired) electrons. The molecule has 5 unspecified atom stereocenters. The smallest absolute Gasteiger partial charge is 0.338 e. The lowest BCUT2D eigenvalue weighted by molar-refractivity contribution is -0.130. The van der Waals surface area contributed by atoms with Crippen molar-refractivity contribution in [3.05, 3.63) is 53.1 Å². The monoisotopic (exact) mass is 531 g/mol. The third-order valence-corrected chi connectivity index (χ3v) is 6.02. The van der Waals surface area contributed by atoms with Gasteiger partial charge in [0.15, 0.2) is 0 Å². The lowest BCUT2D eigenvalue weighted by atomic mass is 9.91. The standard InChI is InChI=1S/C26H33N3O9/c1-15(31)22(25(34)27-10-11-30)28-24(33)18-12-19-23(37-14-36-19)20(13-18)38-26(35)17-7-4-16(5-8-17)6-9-21(32)29(2)3/h4-9,12,15,19-20,22-23,30-31H,10-11,13-14H2,1-3H3,(H,27,34)(H,28,33). The lowest BCUT2D eigenvalue weighted by Gasteiger charge is -2.31. The van der Waals surface area contributed by atoms with Crippen LogP contribution in [-0.2, 0) is 28.6 Å². The number of ether oxygens (including phenoxy) is 3. The van der Waals surface area contributed by atoms with Crippen LogP contribution in [0.1, 0.15) is 29.3 Å². The predicted molar refractivity (Wildman–Crippen MR) is 134 cm³/mol. The molecule has 1 saturated heterocycles. The molecule has 12 nitrogen and oxygen atoms in total. The molecule has 1 heterocycles. The Kier molecular flexibility index (Phi) is 10.1. The molecule has 38 heavy (non-hydrogen) atoms. The number of carbonyl (C=O) groups is 4. The number of carbonyl (C=O) groups excluding carboxylic acids is 4. The van der Waals surface area contributed by atoms with Gasteiger partial charge in [-0.3, -0.25) is 14.4 Å². The Hall–Kier alpha value is -3.58. The average Bonchev–Trinajstić information content (AvgIpc) is 3.38. The molecule has 3 rings (SSSR count). The molecule has 0 bridgehead atoms. The summed E-state index contributed by atoms with van der Waals surface area (Å²) >= 11 is 0. The molecule has 0 aromatic heterocycles. The summed E-state index contributed by atoms with van der Waals surface area (Å²) in [6.45, 7) is 0.995. The van der Waals surface area contributed by atoms with Crippen molar-refractivity contribution < 1.29 is 43.6 Å². The number of esters is 1. The van der Waals surface area contributed by atoms with Crippen LogP contribution in [0.2, 0.25) is 0 Å². The van der Waals surface area contributed by atoms with E-state index < -0.39 is 48.2 Å². The Morgan fingerprint density at radius 2 is 1.89 bits per heavy atom. The van der Waals surface area contributed by atoms with Crippen LogP contribution in [0, 0.1) is 0 Å². The number of amides is 3. The van der Waals surface area contributed by atoms with Crippen molar-refractivity contribution >= 4 is 29.8 Å². The van der Waals surface area contributed by atoms with Crippen molar-refractivity contribution in [1.82, 2.24) is 15.5 Å². The summed E-state index contributed by atoms with van der Waals surface area (Å²) in [7, 11) is 3.29. The highest BCUT2D eigenvalue weighted by Crippen LogP contribution is 2.31. The van der Waals surface area contributed by atoms with E-state index in [-0.39, 0.29) is 43.4 Å². The highest BCUT2D eigenvalue weighted by molar-refractivity contribution is 5.97. The molecule has 0 spiro atoms. The molecule has 12 heteroatoms. The number of aliphatic hydroxyl groups is 2. The highest BCUT2D eigenvalue weighted by Gasteiger charge is 2.43. The van der Waals surface area contributed by atoms with E-state index in [0.717, 1.165) is 5.56 Å². The van der Waals surface area contributed by atoms with Gasteiger partial charge in [-0.1, -0.05) is 12.1 Å². The van der Waals surface area contributed by atoms with Crippen molar-refractivity contribution in [1.29, 1.82) is 0 Å². The molecule has 1 aliphatic heterocycles. The van der Waals surface area contributed by atoms with Crippen LogP contribution in [0.5, 0.6) is 0 Å². The zero-order valence-corrected chi connectivity index (χ0v) is 21.5. The molecular formula is C26H33N3O9. The van der Waals surface area contributed by atoms with E-state index in [9.17, 15) is 24.3 Å². The van der Waals surface area contributed by atoms with Crippen LogP contribution in [0.15, 0.2) is 42.0 Å². The first-order valence-corrected chi connectivity index (χ1v) is 12.1. The van der Waals surface area contributed by atoms with Gasteiger partial charge in [-0.05, 0) is 36.8 Å². The number of hydrogen-bond donors (Lipinski definition) is 4. The topological polar surface area (TPSA) is 164 Å². The maximum atomic E-state index is 13.0. The van der Waals surface area contributed by atoms with Crippen LogP contribution in [-0.4, -0.2) is 103 Å². The third kappa shape index (κ3) is 7.48. The molecule has 1 aromatic carbocycles. The number of benzene rings is 1. The van der Waals surface area contributed by atoms with E-state index in [0.29, 0.717) is 0 Å². The molecule has 5 atom stereocenters. The molecule has 1 aliphatic carbocycles. The minimum Gasteiger partial charge on any atom is -0.456 e. The quantitative estimate of drug-likeness (QED) is 0.227. The van der Waals surface area contributed by atoms with Crippen LogP contribution in [0.3, 0.4) is 0 Å². The summed E-state index contributed by atoms with van der Waals surface area (Å²) in [5, 5.41) is 23.8. The fourth-order valence-electron chi connectivity index (χ4n) is 3.90. The molecular weight excluding hydrogens is 498 g/mol. The molecule has 0 saturated carbocycles. The highest BCUT2D eigenvalue weighted by atomic mass is 16.7. The SMILES string of the molecule is CC(O)C(NC(=O)C1=CC2OCOC2C(OC(=O)c2ccc(C=CC(=O)N(C)C)cc2)C1)C(=O)NCCO. The molecule has 1 fully saturated rings. The Morgan fingerprint density at radius 3 is 2.53 bits per heavy atom. The second-order valence-electron chi connectivity index (χ2n) is 9.11. The van der Waals surface area contributed by atoms with Crippen LogP contribution in [0.25, 0.3) is 6.08 Å². The fraction of sp³-hybridized carbons (Fsp3) is 0.462. The lowest BCUT2D eigenvalue weighted by Crippen LogP contribution is -2.54. The van der Waals surface area contributed by atoms with Crippen molar-refractivity contribution in [2.75, 3.05) is 34.0 Å². The largest absolute Gasteiger partial charge is 0.456 e. The number of aliphatic hydroxyl groups excluding tert-OH is 2. The number of likely N-dealkylation sites (N-methyl/N-ethyl adjacent to an activating group) is 1. The first kappa shape index (κ1) is 29.0. The van der Waals surface area contributed by atoms with Gasteiger partial charge in [0.05, 0.1) is 18.3 Å². The summed E-state index contributed by atoms with van der Waals surface area (Å²) in [4.78, 5) is 51.3. The van der Waals surface area contributed by atoms with Gasteiger partial charge in [0.2, 0.25) is 17.7 Å². The van der Waals surface area contributed by atoms with E-state index in [1.54, 1.807) is 50.5 Å². The second-order valence-corrected chi connectivity index (χ2v) is 9.11. The van der Waals surface area contributed by atoms with E-state index in [4.69, 9.17) is 19.3 Å². The van der Waals surface area contributed by atoms with Crippen molar-refractivity contribution in [3.63, 3.8) is 0 Å². The maximum absolute atomic E-state index is 13.0. The number of fused-ring (bicyclic) bond motifs is 1. The fourth-order valence-corrected chi connectivity index (χ4v) is 3.90. The first-order chi connectivity index (χ1) is 18.1. The van der Waals surface area contributed by atoms with E-state index in [1.165, 1.54) is 17.9 Å². The van der Waals surface area contributed by atoms with Gasteiger partial charge in [-0.15, -0.1) is 0 Å². The van der Waals surface area contributed by atoms with Gasteiger partial charge in [-0.25, -0.2) is 4.79 Å². The second kappa shape index (κ2) is 13.3. The van der Waals surface area contributed by atoms with Crippen molar-refractivity contribution in [2.24, 2.45) is 0 Å². The van der Waals surface area contributed by atoms with Gasteiger partial charge in [0.1, 0.15) is 31.1 Å². The summed E-state index contributed by atoms with van der Waals surface area (Å²) in [6.07, 6.45) is 1.31. The number of rotatable bonds is 10. The summed E-state index contributed by atoms with van der Waals surface area (Å²) in [5.74, 6) is -2.08. The Balaban J connectivity index is 1.68. The number of nitrogens with one attached hydrogen (secondary N) is 2. The normalized spacial score (nSPS) is 22.1. The summed E-state index contributed by atoms with van der Waals surface area (Å²) in [6, 6.07) is 5.22. The minimum absolute atomic E-state index is 0.000354. The predicted octanol–water partition coefficient (Wildman–Crippen LogP) is -0.641. The Labute approximate surface area is 220 Å². The molecule has 206 valence electrons. The van der Waals surface area contributed by atoms with Crippen molar-refractivity contribution in [3.8, 4) is 0 Å². The first-order valence-electron chi connectivity index (χ1n) is 12.1.